The van der Waals surface area contributed by atoms with Crippen LogP contribution in [-0.4, -0.2) is 31.6 Å². The number of ether oxygens (including phenoxy) is 1. The van der Waals surface area contributed by atoms with Gasteiger partial charge in [0, 0.05) is 11.9 Å². The molecule has 1 heterocycles. The van der Waals surface area contributed by atoms with Crippen LogP contribution in [-0.2, 0) is 22.4 Å². The van der Waals surface area contributed by atoms with Gasteiger partial charge in [0.1, 0.15) is 4.88 Å². The highest BCUT2D eigenvalue weighted by Crippen LogP contribution is 2.32. The summed E-state index contributed by atoms with van der Waals surface area (Å²) in [5.41, 5.74) is 1.21. The largest absolute Gasteiger partial charge is 0.451 e. The van der Waals surface area contributed by atoms with Gasteiger partial charge >= 0.3 is 12.0 Å². The zero-order valence-corrected chi connectivity index (χ0v) is 12.8. The summed E-state index contributed by atoms with van der Waals surface area (Å²) in [6.45, 7) is 1.73. The summed E-state index contributed by atoms with van der Waals surface area (Å²) in [5.74, 6) is -0.541. The molecule has 0 aliphatic heterocycles. The summed E-state index contributed by atoms with van der Waals surface area (Å²) in [6.07, 6.45) is 3.11. The molecule has 0 bridgehead atoms. The lowest BCUT2D eigenvalue weighted by Gasteiger charge is -2.16. The Balaban J connectivity index is 1.89. The van der Waals surface area contributed by atoms with Crippen LogP contribution in [0.4, 0.5) is 4.79 Å². The molecule has 1 aromatic rings. The van der Waals surface area contributed by atoms with E-state index in [9.17, 15) is 14.4 Å². The highest BCUT2D eigenvalue weighted by molar-refractivity contribution is 7.14. The molecule has 1 aliphatic carbocycles. The summed E-state index contributed by atoms with van der Waals surface area (Å²) in [4.78, 5) is 35.9. The number of fused-ring (bicyclic) bond motifs is 1. The number of urea groups is 1. The Morgan fingerprint density at radius 2 is 2.19 bits per heavy atom. The summed E-state index contributed by atoms with van der Waals surface area (Å²) in [5, 5.41) is 4.27. The van der Waals surface area contributed by atoms with Crippen LogP contribution >= 0.6 is 11.3 Å². The topological polar surface area (TPSA) is 84.5 Å². The first-order valence-electron chi connectivity index (χ1n) is 6.80. The van der Waals surface area contributed by atoms with Gasteiger partial charge in [-0.05, 0) is 36.8 Å². The van der Waals surface area contributed by atoms with E-state index in [2.05, 4.69) is 12.2 Å². The predicted molar refractivity (Wildman–Crippen MR) is 78.4 cm³/mol. The van der Waals surface area contributed by atoms with Crippen molar-refractivity contribution in [3.8, 4) is 0 Å². The van der Waals surface area contributed by atoms with Crippen molar-refractivity contribution in [1.29, 1.82) is 0 Å². The predicted octanol–water partition coefficient (Wildman–Crippen LogP) is 1.49. The third-order valence-electron chi connectivity index (χ3n) is 3.34. The molecule has 114 valence electrons. The number of amides is 3. The molecule has 1 atom stereocenters. The first-order chi connectivity index (χ1) is 9.99. The van der Waals surface area contributed by atoms with Gasteiger partial charge in [-0.25, -0.2) is 9.59 Å². The molecule has 21 heavy (non-hydrogen) atoms. The minimum absolute atomic E-state index is 0.467. The lowest BCUT2D eigenvalue weighted by atomic mass is 9.90. The Kier molecular flexibility index (Phi) is 4.95. The number of thiophene rings is 1. The van der Waals surface area contributed by atoms with Crippen LogP contribution < -0.4 is 10.6 Å². The van der Waals surface area contributed by atoms with Crippen molar-refractivity contribution in [2.24, 2.45) is 5.92 Å². The number of imide groups is 1. The van der Waals surface area contributed by atoms with Gasteiger partial charge in [-0.15, -0.1) is 11.3 Å². The van der Waals surface area contributed by atoms with Gasteiger partial charge < -0.3 is 10.1 Å². The molecule has 0 aromatic carbocycles. The summed E-state index contributed by atoms with van der Waals surface area (Å²) >= 11 is 1.43. The van der Waals surface area contributed by atoms with E-state index < -0.39 is 24.5 Å². The molecular weight excluding hydrogens is 292 g/mol. The lowest BCUT2D eigenvalue weighted by molar-refractivity contribution is -0.123. The van der Waals surface area contributed by atoms with Gasteiger partial charge in [0.2, 0.25) is 0 Å². The Bertz CT molecular complexity index is 567. The zero-order chi connectivity index (χ0) is 15.4. The second-order valence-electron chi connectivity index (χ2n) is 5.11. The first kappa shape index (κ1) is 15.5. The molecule has 0 fully saturated rings. The van der Waals surface area contributed by atoms with Crippen molar-refractivity contribution in [3.63, 3.8) is 0 Å². The Labute approximate surface area is 126 Å². The van der Waals surface area contributed by atoms with E-state index in [1.807, 2.05) is 11.4 Å². The third-order valence-corrected chi connectivity index (χ3v) is 4.56. The van der Waals surface area contributed by atoms with E-state index in [0.717, 1.165) is 19.3 Å². The molecule has 0 spiro atoms. The first-order valence-corrected chi connectivity index (χ1v) is 7.61. The number of carbonyl (C=O) groups excluding carboxylic acids is 3. The van der Waals surface area contributed by atoms with E-state index in [1.54, 1.807) is 0 Å². The van der Waals surface area contributed by atoms with Gasteiger partial charge in [-0.2, -0.15) is 0 Å². The highest BCUT2D eigenvalue weighted by atomic mass is 32.1. The normalized spacial score (nSPS) is 16.8. The van der Waals surface area contributed by atoms with E-state index in [-0.39, 0.29) is 0 Å². The Hall–Kier alpha value is -1.89. The van der Waals surface area contributed by atoms with Crippen molar-refractivity contribution in [2.75, 3.05) is 13.7 Å². The fourth-order valence-corrected chi connectivity index (χ4v) is 3.34. The number of rotatable bonds is 3. The molecule has 1 aromatic heterocycles. The van der Waals surface area contributed by atoms with Crippen molar-refractivity contribution < 1.29 is 19.1 Å². The van der Waals surface area contributed by atoms with E-state index >= 15 is 0 Å². The van der Waals surface area contributed by atoms with Gasteiger partial charge in [0.05, 0.1) is 0 Å². The van der Waals surface area contributed by atoms with Crippen molar-refractivity contribution in [1.82, 2.24) is 10.6 Å². The van der Waals surface area contributed by atoms with Gasteiger partial charge in [0.15, 0.2) is 6.61 Å². The second kappa shape index (κ2) is 6.71. The molecule has 3 amide bonds. The quantitative estimate of drug-likeness (QED) is 0.828. The molecule has 1 aliphatic rings. The van der Waals surface area contributed by atoms with Crippen LogP contribution in [0, 0.1) is 5.92 Å². The maximum atomic E-state index is 11.9. The van der Waals surface area contributed by atoms with E-state index in [4.69, 9.17) is 4.74 Å². The minimum atomic E-state index is -0.655. The number of esters is 1. The van der Waals surface area contributed by atoms with Crippen LogP contribution in [0.15, 0.2) is 6.07 Å². The molecule has 1 unspecified atom stereocenters. The molecule has 0 saturated heterocycles. The fraction of sp³-hybridized carbons (Fsp3) is 0.500. The molecule has 0 saturated carbocycles. The molecular formula is C14H18N2O4S. The maximum Gasteiger partial charge on any atom is 0.348 e. The highest BCUT2D eigenvalue weighted by Gasteiger charge is 2.21. The second-order valence-corrected chi connectivity index (χ2v) is 6.25. The Morgan fingerprint density at radius 1 is 1.43 bits per heavy atom. The van der Waals surface area contributed by atoms with Crippen LogP contribution in [0.25, 0.3) is 0 Å². The monoisotopic (exact) mass is 310 g/mol. The van der Waals surface area contributed by atoms with Crippen LogP contribution in [0.2, 0.25) is 0 Å². The summed E-state index contributed by atoms with van der Waals surface area (Å²) < 4.78 is 4.92. The summed E-state index contributed by atoms with van der Waals surface area (Å²) in [7, 11) is 1.39. The van der Waals surface area contributed by atoms with Gasteiger partial charge in [-0.3, -0.25) is 10.1 Å². The zero-order valence-electron chi connectivity index (χ0n) is 12.0. The smallest absolute Gasteiger partial charge is 0.348 e. The average Bonchev–Trinajstić information content (AvgIpc) is 2.87. The van der Waals surface area contributed by atoms with Crippen molar-refractivity contribution >= 4 is 29.2 Å². The fourth-order valence-electron chi connectivity index (χ4n) is 2.23. The lowest BCUT2D eigenvalue weighted by Crippen LogP contribution is -2.39. The third kappa shape index (κ3) is 4.04. The van der Waals surface area contributed by atoms with Crippen LogP contribution in [0.3, 0.4) is 0 Å². The van der Waals surface area contributed by atoms with Crippen molar-refractivity contribution in [2.45, 2.75) is 26.2 Å². The number of nitrogens with one attached hydrogen (secondary N) is 2. The standard InChI is InChI=1S/C14H18N2O4S/c1-8-3-4-10-9(5-8)6-11(21-10)13(18)20-7-12(17)16-14(19)15-2/h6,8H,3-5,7H2,1-2H3,(H2,15,16,17,19). The molecule has 0 radical (unpaired) electrons. The number of aryl methyl sites for hydroxylation is 1. The minimum Gasteiger partial charge on any atom is -0.451 e. The number of hydrogen-bond acceptors (Lipinski definition) is 5. The average molecular weight is 310 g/mol. The number of hydrogen-bond donors (Lipinski definition) is 2. The molecule has 2 rings (SSSR count). The van der Waals surface area contributed by atoms with Gasteiger partial charge in [0.25, 0.3) is 5.91 Å². The van der Waals surface area contributed by atoms with Crippen LogP contribution in [0.5, 0.6) is 0 Å². The van der Waals surface area contributed by atoms with Crippen molar-refractivity contribution in [3.05, 3.63) is 21.4 Å². The molecule has 6 nitrogen and oxygen atoms in total. The Morgan fingerprint density at radius 3 is 2.90 bits per heavy atom. The van der Waals surface area contributed by atoms with E-state index in [1.165, 1.54) is 28.8 Å². The maximum absolute atomic E-state index is 11.9. The summed E-state index contributed by atoms with van der Waals surface area (Å²) in [6, 6.07) is 1.23. The number of carbonyl (C=O) groups is 3. The SMILES string of the molecule is CNC(=O)NC(=O)COC(=O)c1cc2c(s1)CCC(C)C2. The van der Waals surface area contributed by atoms with E-state index in [0.29, 0.717) is 10.8 Å². The van der Waals surface area contributed by atoms with Gasteiger partial charge in [-0.1, -0.05) is 6.92 Å². The molecule has 7 heteroatoms. The van der Waals surface area contributed by atoms with Crippen LogP contribution in [0.1, 0.15) is 33.5 Å². The molecule has 2 N–H and O–H groups in total.